The Morgan fingerprint density at radius 2 is 1.86 bits per heavy atom. The quantitative estimate of drug-likeness (QED) is 0.767. The number of amides is 2. The van der Waals surface area contributed by atoms with Crippen molar-refractivity contribution in [3.8, 4) is 0 Å². The third-order valence-corrected chi connectivity index (χ3v) is 4.01. The largest absolute Gasteiger partial charge is 0.351 e. The lowest BCUT2D eigenvalue weighted by Crippen LogP contribution is -2.39. The predicted molar refractivity (Wildman–Crippen MR) is 80.7 cm³/mol. The summed E-state index contributed by atoms with van der Waals surface area (Å²) in [6.45, 7) is 1.45. The first kappa shape index (κ1) is 14.1. The summed E-state index contributed by atoms with van der Waals surface area (Å²) in [5, 5.41) is 9.03. The van der Waals surface area contributed by atoms with Crippen LogP contribution < -0.4 is 16.0 Å². The van der Waals surface area contributed by atoms with Crippen LogP contribution in [0.3, 0.4) is 0 Å². The average molecular weight is 287 g/mol. The Hall–Kier alpha value is -1.88. The van der Waals surface area contributed by atoms with Crippen molar-refractivity contribution in [2.45, 2.75) is 38.3 Å². The molecule has 0 radical (unpaired) electrons. The summed E-state index contributed by atoms with van der Waals surface area (Å²) >= 11 is 0. The Labute approximate surface area is 124 Å². The molecule has 1 aliphatic carbocycles. The monoisotopic (exact) mass is 287 g/mol. The van der Waals surface area contributed by atoms with Gasteiger partial charge in [0.05, 0.1) is 6.04 Å². The Morgan fingerprint density at radius 1 is 1.10 bits per heavy atom. The van der Waals surface area contributed by atoms with Crippen molar-refractivity contribution in [2.75, 3.05) is 11.9 Å². The van der Waals surface area contributed by atoms with Gasteiger partial charge >= 0.3 is 0 Å². The molecule has 0 bridgehead atoms. The van der Waals surface area contributed by atoms with E-state index in [2.05, 4.69) is 16.0 Å². The van der Waals surface area contributed by atoms with Gasteiger partial charge in [-0.1, -0.05) is 12.1 Å². The third kappa shape index (κ3) is 3.82. The fourth-order valence-corrected chi connectivity index (χ4v) is 2.52. The van der Waals surface area contributed by atoms with E-state index in [1.807, 2.05) is 24.3 Å². The van der Waals surface area contributed by atoms with Crippen LogP contribution in [0.4, 0.5) is 5.69 Å². The summed E-state index contributed by atoms with van der Waals surface area (Å²) in [4.78, 5) is 23.5. The number of benzene rings is 1. The molecule has 5 heteroatoms. The second-order valence-corrected chi connectivity index (χ2v) is 5.83. The van der Waals surface area contributed by atoms with Crippen molar-refractivity contribution in [3.63, 3.8) is 0 Å². The van der Waals surface area contributed by atoms with E-state index in [0.29, 0.717) is 6.54 Å². The van der Waals surface area contributed by atoms with Crippen molar-refractivity contribution < 1.29 is 9.59 Å². The van der Waals surface area contributed by atoms with Gasteiger partial charge < -0.3 is 16.0 Å². The molecule has 112 valence electrons. The molecule has 3 rings (SSSR count). The highest BCUT2D eigenvalue weighted by Crippen LogP contribution is 2.30. The Morgan fingerprint density at radius 3 is 2.48 bits per heavy atom. The maximum atomic E-state index is 11.9. The van der Waals surface area contributed by atoms with Gasteiger partial charge in [0.1, 0.15) is 0 Å². The molecule has 1 atom stereocenters. The lowest BCUT2D eigenvalue weighted by Gasteiger charge is -2.11. The van der Waals surface area contributed by atoms with Gasteiger partial charge in [-0.05, 0) is 49.9 Å². The van der Waals surface area contributed by atoms with E-state index in [4.69, 9.17) is 0 Å². The van der Waals surface area contributed by atoms with E-state index in [1.54, 1.807) is 0 Å². The summed E-state index contributed by atoms with van der Waals surface area (Å²) in [7, 11) is 0. The Bertz CT molecular complexity index is 517. The van der Waals surface area contributed by atoms with Gasteiger partial charge in [0.15, 0.2) is 0 Å². The highest BCUT2D eigenvalue weighted by atomic mass is 16.2. The molecule has 5 nitrogen and oxygen atoms in total. The maximum Gasteiger partial charge on any atom is 0.237 e. The molecule has 2 fully saturated rings. The molecule has 1 aromatic carbocycles. The average Bonchev–Trinajstić information content (AvgIpc) is 3.21. The van der Waals surface area contributed by atoms with E-state index in [1.165, 1.54) is 0 Å². The topological polar surface area (TPSA) is 70.2 Å². The van der Waals surface area contributed by atoms with Gasteiger partial charge in [-0.25, -0.2) is 0 Å². The highest BCUT2D eigenvalue weighted by molar-refractivity contribution is 5.94. The Kier molecular flexibility index (Phi) is 4.20. The normalized spacial score (nSPS) is 21.0. The van der Waals surface area contributed by atoms with Gasteiger partial charge in [0, 0.05) is 18.2 Å². The zero-order valence-corrected chi connectivity index (χ0v) is 12.0. The molecule has 2 aliphatic rings. The van der Waals surface area contributed by atoms with Crippen LogP contribution in [0.5, 0.6) is 0 Å². The van der Waals surface area contributed by atoms with E-state index >= 15 is 0 Å². The van der Waals surface area contributed by atoms with Crippen molar-refractivity contribution in [1.82, 2.24) is 10.6 Å². The van der Waals surface area contributed by atoms with Gasteiger partial charge in [-0.3, -0.25) is 9.59 Å². The summed E-state index contributed by atoms with van der Waals surface area (Å²) in [6, 6.07) is 7.60. The van der Waals surface area contributed by atoms with E-state index < -0.39 is 0 Å². The SMILES string of the molecule is O=C(Nc1ccc(CNC(=O)[C@H]2CCCN2)cc1)C1CC1. The molecule has 0 aromatic heterocycles. The van der Waals surface area contributed by atoms with Crippen LogP contribution in [0.25, 0.3) is 0 Å². The standard InChI is InChI=1S/C16H21N3O2/c20-15(12-5-6-12)19-13-7-3-11(4-8-13)10-18-16(21)14-2-1-9-17-14/h3-4,7-8,12,14,17H,1-2,5-6,9-10H2,(H,18,21)(H,19,20)/t14-/m1/s1. The minimum absolute atomic E-state index is 0.0397. The number of carbonyl (C=O) groups excluding carboxylic acids is 2. The molecule has 1 aliphatic heterocycles. The van der Waals surface area contributed by atoms with Crippen LogP contribution in [0.15, 0.2) is 24.3 Å². The fraction of sp³-hybridized carbons (Fsp3) is 0.500. The maximum absolute atomic E-state index is 11.9. The molecule has 21 heavy (non-hydrogen) atoms. The molecule has 3 N–H and O–H groups in total. The number of hydrogen-bond donors (Lipinski definition) is 3. The molecule has 0 unspecified atom stereocenters. The van der Waals surface area contributed by atoms with E-state index in [-0.39, 0.29) is 23.8 Å². The van der Waals surface area contributed by atoms with Crippen molar-refractivity contribution >= 4 is 17.5 Å². The predicted octanol–water partition coefficient (Wildman–Crippen LogP) is 1.40. The molecular weight excluding hydrogens is 266 g/mol. The van der Waals surface area contributed by atoms with Crippen LogP contribution in [-0.4, -0.2) is 24.4 Å². The molecule has 1 aromatic rings. The first-order valence-corrected chi connectivity index (χ1v) is 7.63. The van der Waals surface area contributed by atoms with E-state index in [0.717, 1.165) is 43.5 Å². The van der Waals surface area contributed by atoms with Gasteiger partial charge in [0.25, 0.3) is 0 Å². The van der Waals surface area contributed by atoms with Crippen LogP contribution in [-0.2, 0) is 16.1 Å². The fourth-order valence-electron chi connectivity index (χ4n) is 2.52. The minimum atomic E-state index is -0.0397. The number of hydrogen-bond acceptors (Lipinski definition) is 3. The van der Waals surface area contributed by atoms with Crippen LogP contribution >= 0.6 is 0 Å². The van der Waals surface area contributed by atoms with Crippen molar-refractivity contribution in [1.29, 1.82) is 0 Å². The number of carbonyl (C=O) groups is 2. The zero-order valence-electron chi connectivity index (χ0n) is 12.0. The highest BCUT2D eigenvalue weighted by Gasteiger charge is 2.29. The van der Waals surface area contributed by atoms with Crippen molar-refractivity contribution in [3.05, 3.63) is 29.8 Å². The lowest BCUT2D eigenvalue weighted by molar-refractivity contribution is -0.123. The second kappa shape index (κ2) is 6.26. The summed E-state index contributed by atoms with van der Waals surface area (Å²) in [5.41, 5.74) is 1.85. The van der Waals surface area contributed by atoms with Crippen LogP contribution in [0.2, 0.25) is 0 Å². The number of rotatable bonds is 5. The first-order valence-electron chi connectivity index (χ1n) is 7.63. The molecular formula is C16H21N3O2. The van der Waals surface area contributed by atoms with Crippen LogP contribution in [0.1, 0.15) is 31.2 Å². The van der Waals surface area contributed by atoms with Crippen LogP contribution in [0, 0.1) is 5.92 Å². The molecule has 1 saturated heterocycles. The summed E-state index contributed by atoms with van der Waals surface area (Å²) in [6.07, 6.45) is 3.99. The summed E-state index contributed by atoms with van der Waals surface area (Å²) < 4.78 is 0. The third-order valence-electron chi connectivity index (χ3n) is 4.01. The smallest absolute Gasteiger partial charge is 0.237 e. The second-order valence-electron chi connectivity index (χ2n) is 5.83. The number of nitrogens with one attached hydrogen (secondary N) is 3. The lowest BCUT2D eigenvalue weighted by atomic mass is 10.2. The molecule has 1 saturated carbocycles. The van der Waals surface area contributed by atoms with Gasteiger partial charge in [-0.15, -0.1) is 0 Å². The molecule has 2 amide bonds. The minimum Gasteiger partial charge on any atom is -0.351 e. The Balaban J connectivity index is 1.47. The number of anilines is 1. The molecule has 1 heterocycles. The zero-order chi connectivity index (χ0) is 14.7. The first-order chi connectivity index (χ1) is 10.2. The van der Waals surface area contributed by atoms with E-state index in [9.17, 15) is 9.59 Å². The molecule has 0 spiro atoms. The van der Waals surface area contributed by atoms with Gasteiger partial charge in [-0.2, -0.15) is 0 Å². The van der Waals surface area contributed by atoms with Gasteiger partial charge in [0.2, 0.25) is 11.8 Å². The van der Waals surface area contributed by atoms with Crippen molar-refractivity contribution in [2.24, 2.45) is 5.92 Å². The summed E-state index contributed by atoms with van der Waals surface area (Å²) in [5.74, 6) is 0.393.